The molecule has 0 aliphatic carbocycles. The van der Waals surface area contributed by atoms with Gasteiger partial charge in [-0.25, -0.2) is 14.5 Å². The summed E-state index contributed by atoms with van der Waals surface area (Å²) in [4.78, 5) is 15.3. The van der Waals surface area contributed by atoms with Crippen LogP contribution in [0.25, 0.3) is 16.8 Å². The number of aliphatic hydroxyl groups is 1. The van der Waals surface area contributed by atoms with Crippen LogP contribution in [0.15, 0.2) is 48.9 Å². The fourth-order valence-electron chi connectivity index (χ4n) is 3.58. The molecule has 4 aromatic heterocycles. The molecule has 0 bridgehead atoms. The van der Waals surface area contributed by atoms with E-state index in [0.29, 0.717) is 22.3 Å². The normalized spacial score (nSPS) is 13.9. The van der Waals surface area contributed by atoms with Crippen LogP contribution < -0.4 is 0 Å². The van der Waals surface area contributed by atoms with E-state index in [4.69, 9.17) is 0 Å². The molecule has 4 heterocycles. The lowest BCUT2D eigenvalue weighted by Gasteiger charge is -2.26. The number of hydrogen-bond donors (Lipinski definition) is 2. The minimum absolute atomic E-state index is 0.0261. The Balaban J connectivity index is 1.70. The zero-order valence-electron chi connectivity index (χ0n) is 17.1. The molecule has 0 radical (unpaired) electrons. The largest absolute Gasteiger partial charge is 0.478 e. The van der Waals surface area contributed by atoms with Crippen LogP contribution in [-0.2, 0) is 12.1 Å². The van der Waals surface area contributed by atoms with E-state index in [-0.39, 0.29) is 12.1 Å². The first-order chi connectivity index (χ1) is 15.5. The van der Waals surface area contributed by atoms with Gasteiger partial charge in [0.15, 0.2) is 0 Å². The van der Waals surface area contributed by atoms with Gasteiger partial charge in [-0.05, 0) is 42.3 Å². The molecule has 4 rings (SSSR count). The van der Waals surface area contributed by atoms with Crippen molar-refractivity contribution in [3.05, 3.63) is 71.7 Å². The molecule has 0 aliphatic heterocycles. The zero-order valence-corrected chi connectivity index (χ0v) is 17.1. The average molecular weight is 463 g/mol. The van der Waals surface area contributed by atoms with Gasteiger partial charge in [0.25, 0.3) is 0 Å². The highest BCUT2D eigenvalue weighted by Gasteiger charge is 2.55. The Labute approximate surface area is 183 Å². The van der Waals surface area contributed by atoms with E-state index in [0.717, 1.165) is 16.9 Å². The molecule has 8 nitrogen and oxygen atoms in total. The molecule has 172 valence electrons. The molecule has 0 saturated carbocycles. The summed E-state index contributed by atoms with van der Waals surface area (Å²) >= 11 is 0. The summed E-state index contributed by atoms with van der Waals surface area (Å²) in [7, 11) is 0. The number of carbonyl (C=O) groups is 1. The summed E-state index contributed by atoms with van der Waals surface area (Å²) in [5.74, 6) is -1.89. The molecule has 2 N–H and O–H groups in total. The van der Waals surface area contributed by atoms with Gasteiger partial charge in [0.05, 0.1) is 24.0 Å². The number of nitrogens with zero attached hydrogens (tertiary/aromatic N) is 5. The van der Waals surface area contributed by atoms with Gasteiger partial charge in [-0.2, -0.15) is 17.6 Å². The average Bonchev–Trinajstić information content (AvgIpc) is 3.38. The van der Waals surface area contributed by atoms with Gasteiger partial charge in [-0.1, -0.05) is 12.1 Å². The molecular formula is C21H17F4N5O3. The molecule has 4 aromatic rings. The summed E-state index contributed by atoms with van der Waals surface area (Å²) in [6, 6.07) is 7.24. The van der Waals surface area contributed by atoms with Crippen LogP contribution in [0.4, 0.5) is 17.6 Å². The van der Waals surface area contributed by atoms with Gasteiger partial charge in [0.2, 0.25) is 11.5 Å². The van der Waals surface area contributed by atoms with Crippen LogP contribution in [0.2, 0.25) is 0 Å². The molecular weight excluding hydrogens is 446 g/mol. The van der Waals surface area contributed by atoms with Gasteiger partial charge >= 0.3 is 12.1 Å². The molecule has 0 spiro atoms. The molecule has 12 heteroatoms. The lowest BCUT2D eigenvalue weighted by molar-refractivity contribution is -0.269. The number of carboxylic acid groups (broad SMARTS) is 1. The third-order valence-electron chi connectivity index (χ3n) is 5.36. The third-order valence-corrected chi connectivity index (χ3v) is 5.36. The Hall–Kier alpha value is -3.80. The second-order valence-electron chi connectivity index (χ2n) is 7.42. The van der Waals surface area contributed by atoms with E-state index in [9.17, 15) is 32.6 Å². The van der Waals surface area contributed by atoms with Crippen LogP contribution in [0.1, 0.15) is 35.0 Å². The van der Waals surface area contributed by atoms with E-state index < -0.39 is 35.8 Å². The molecule has 0 aliphatic rings. The van der Waals surface area contributed by atoms with Crippen molar-refractivity contribution < 1.29 is 32.6 Å². The summed E-state index contributed by atoms with van der Waals surface area (Å²) in [5, 5.41) is 26.8. The maximum Gasteiger partial charge on any atom is 0.423 e. The van der Waals surface area contributed by atoms with E-state index >= 15 is 0 Å². The molecule has 0 fully saturated rings. The smallest absolute Gasteiger partial charge is 0.423 e. The number of hydrogen-bond acceptors (Lipinski definition) is 5. The standard InChI is InChI=1S/C21H17F4N5O3/c1-2-20(33,21(23,24)25)16-11-29(28-27-16)10-12-5-6-30-14(7-12)8-15(19(31)32)18(30)13-3-4-17(22)26-9-13/h3-9,11,33H,2,10H2,1H3,(H,31,32). The topological polar surface area (TPSA) is 106 Å². The highest BCUT2D eigenvalue weighted by atomic mass is 19.4. The number of carboxylic acids is 1. The molecule has 1 atom stereocenters. The fraction of sp³-hybridized carbons (Fsp3) is 0.238. The number of rotatable bonds is 6. The molecule has 1 unspecified atom stereocenters. The van der Waals surface area contributed by atoms with Crippen LogP contribution in [0.5, 0.6) is 0 Å². The van der Waals surface area contributed by atoms with Crippen LogP contribution >= 0.6 is 0 Å². The second-order valence-corrected chi connectivity index (χ2v) is 7.42. The highest BCUT2D eigenvalue weighted by molar-refractivity contribution is 5.97. The predicted molar refractivity (Wildman–Crippen MR) is 107 cm³/mol. The first-order valence-corrected chi connectivity index (χ1v) is 9.72. The Kier molecular flexibility index (Phi) is 5.40. The maximum atomic E-state index is 13.3. The zero-order chi connectivity index (χ0) is 24.0. The quantitative estimate of drug-likeness (QED) is 0.334. The first kappa shape index (κ1) is 22.4. The Morgan fingerprint density at radius 1 is 1.18 bits per heavy atom. The predicted octanol–water partition coefficient (Wildman–Crippen LogP) is 3.64. The number of aromatic carboxylic acids is 1. The highest BCUT2D eigenvalue weighted by Crippen LogP contribution is 2.40. The van der Waals surface area contributed by atoms with Crippen molar-refractivity contribution in [3.8, 4) is 11.3 Å². The number of alkyl halides is 3. The minimum Gasteiger partial charge on any atom is -0.478 e. The molecule has 0 saturated heterocycles. The van der Waals surface area contributed by atoms with Crippen LogP contribution in [0.3, 0.4) is 0 Å². The molecule has 33 heavy (non-hydrogen) atoms. The van der Waals surface area contributed by atoms with Gasteiger partial charge in [-0.15, -0.1) is 5.10 Å². The van der Waals surface area contributed by atoms with Gasteiger partial charge in [0.1, 0.15) is 5.69 Å². The van der Waals surface area contributed by atoms with Gasteiger partial charge in [0, 0.05) is 23.5 Å². The summed E-state index contributed by atoms with van der Waals surface area (Å²) < 4.78 is 55.7. The number of halogens is 4. The summed E-state index contributed by atoms with van der Waals surface area (Å²) in [6.45, 7) is 1.23. The molecule has 0 aromatic carbocycles. The van der Waals surface area contributed by atoms with Crippen LogP contribution in [-0.4, -0.2) is 46.7 Å². The summed E-state index contributed by atoms with van der Waals surface area (Å²) in [5.41, 5.74) is -1.95. The van der Waals surface area contributed by atoms with E-state index in [1.54, 1.807) is 22.7 Å². The molecule has 0 amide bonds. The lowest BCUT2D eigenvalue weighted by Crippen LogP contribution is -2.42. The van der Waals surface area contributed by atoms with Crippen molar-refractivity contribution in [1.29, 1.82) is 0 Å². The Morgan fingerprint density at radius 2 is 1.94 bits per heavy atom. The third kappa shape index (κ3) is 3.93. The van der Waals surface area contributed by atoms with Gasteiger partial charge in [-0.3, -0.25) is 0 Å². The number of aromatic nitrogens is 5. The van der Waals surface area contributed by atoms with Crippen molar-refractivity contribution in [1.82, 2.24) is 24.4 Å². The van der Waals surface area contributed by atoms with E-state index in [1.165, 1.54) is 25.3 Å². The van der Waals surface area contributed by atoms with Crippen molar-refractivity contribution in [3.63, 3.8) is 0 Å². The lowest BCUT2D eigenvalue weighted by atomic mass is 9.96. The van der Waals surface area contributed by atoms with Crippen molar-refractivity contribution in [2.45, 2.75) is 31.7 Å². The van der Waals surface area contributed by atoms with Crippen molar-refractivity contribution in [2.24, 2.45) is 0 Å². The minimum atomic E-state index is -4.91. The van der Waals surface area contributed by atoms with E-state index in [1.807, 2.05) is 0 Å². The number of fused-ring (bicyclic) bond motifs is 1. The number of pyridine rings is 2. The van der Waals surface area contributed by atoms with Crippen molar-refractivity contribution >= 4 is 11.5 Å². The van der Waals surface area contributed by atoms with E-state index in [2.05, 4.69) is 15.3 Å². The SMILES string of the molecule is CCC(O)(c1cn(Cc2ccn3c(-c4ccc(F)nc4)c(C(=O)O)cc3c2)nn1)C(F)(F)F. The van der Waals surface area contributed by atoms with Crippen LogP contribution in [0, 0.1) is 5.95 Å². The van der Waals surface area contributed by atoms with Gasteiger partial charge < -0.3 is 14.6 Å². The Morgan fingerprint density at radius 3 is 2.55 bits per heavy atom. The van der Waals surface area contributed by atoms with Crippen molar-refractivity contribution in [2.75, 3.05) is 0 Å². The second kappa shape index (κ2) is 7.96. The summed E-state index contributed by atoms with van der Waals surface area (Å²) in [6.07, 6.45) is -1.69. The maximum absolute atomic E-state index is 13.3. The fourth-order valence-corrected chi connectivity index (χ4v) is 3.58. The Bertz CT molecular complexity index is 1330. The first-order valence-electron chi connectivity index (χ1n) is 9.72. The monoisotopic (exact) mass is 463 g/mol.